The zero-order chi connectivity index (χ0) is 15.2. The van der Waals surface area contributed by atoms with Gasteiger partial charge in [-0.3, -0.25) is 0 Å². The van der Waals surface area contributed by atoms with Crippen LogP contribution in [0.5, 0.6) is 0 Å². The first-order valence-corrected chi connectivity index (χ1v) is 8.44. The van der Waals surface area contributed by atoms with Crippen LogP contribution in [0.15, 0.2) is 23.1 Å². The van der Waals surface area contributed by atoms with Crippen LogP contribution in [0.3, 0.4) is 0 Å². The number of benzene rings is 1. The molecular weight excluding hydrogens is 286 g/mol. The molecule has 0 spiro atoms. The summed E-state index contributed by atoms with van der Waals surface area (Å²) in [6.07, 6.45) is 3.57. The summed E-state index contributed by atoms with van der Waals surface area (Å²) in [7, 11) is 1.94. The van der Waals surface area contributed by atoms with E-state index in [1.165, 1.54) is 6.42 Å². The van der Waals surface area contributed by atoms with Crippen molar-refractivity contribution in [2.24, 2.45) is 0 Å². The van der Waals surface area contributed by atoms with Crippen LogP contribution in [-0.4, -0.2) is 43.1 Å². The molecule has 1 aromatic rings. The van der Waals surface area contributed by atoms with Crippen LogP contribution in [0, 0.1) is 0 Å². The molecule has 0 saturated carbocycles. The Morgan fingerprint density at radius 3 is 2.90 bits per heavy atom. The van der Waals surface area contributed by atoms with Gasteiger partial charge in [0.15, 0.2) is 0 Å². The second-order valence-corrected chi connectivity index (χ2v) is 6.56. The topological polar surface area (TPSA) is 49.8 Å². The lowest BCUT2D eigenvalue weighted by atomic mass is 10.1. The van der Waals surface area contributed by atoms with E-state index in [0.29, 0.717) is 5.56 Å². The second-order valence-electron chi connectivity index (χ2n) is 5.26. The summed E-state index contributed by atoms with van der Waals surface area (Å²) in [5.74, 6) is -0.00270. The molecule has 0 aliphatic carbocycles. The molecule has 1 aromatic carbocycles. The lowest BCUT2D eigenvalue weighted by molar-refractivity contribution is 0.0215. The van der Waals surface area contributed by atoms with Crippen molar-refractivity contribution in [2.75, 3.05) is 30.9 Å². The summed E-state index contributed by atoms with van der Waals surface area (Å²) in [5.41, 5.74) is 1.18. The van der Waals surface area contributed by atoms with Crippen molar-refractivity contribution in [3.05, 3.63) is 23.8 Å². The Morgan fingerprint density at radius 2 is 2.29 bits per heavy atom. The van der Waals surface area contributed by atoms with E-state index in [-0.39, 0.29) is 6.10 Å². The maximum atomic E-state index is 11.6. The molecule has 1 unspecified atom stereocenters. The standard InChI is InChI=1S/C16H23NO3S/c1-3-21-14-9-6-8-13(15(14)16(18)19)17(2)11-12-7-4-5-10-20-12/h6,8-9,12H,3-5,7,10-11H2,1-2H3,(H,18,19). The molecule has 0 radical (unpaired) electrons. The lowest BCUT2D eigenvalue weighted by Crippen LogP contribution is -2.34. The second kappa shape index (κ2) is 7.71. The average Bonchev–Trinajstić information content (AvgIpc) is 2.48. The number of carboxylic acid groups (broad SMARTS) is 1. The molecule has 21 heavy (non-hydrogen) atoms. The third-order valence-corrected chi connectivity index (χ3v) is 4.62. The van der Waals surface area contributed by atoms with Gasteiger partial charge in [0.2, 0.25) is 0 Å². The summed E-state index contributed by atoms with van der Waals surface area (Å²) in [5, 5.41) is 9.56. The highest BCUT2D eigenvalue weighted by Gasteiger charge is 2.21. The molecular formula is C16H23NO3S. The van der Waals surface area contributed by atoms with Crippen LogP contribution in [-0.2, 0) is 4.74 Å². The minimum absolute atomic E-state index is 0.202. The van der Waals surface area contributed by atoms with Crippen LogP contribution in [0.2, 0.25) is 0 Å². The first-order chi connectivity index (χ1) is 10.1. The molecule has 1 aliphatic heterocycles. The van der Waals surface area contributed by atoms with Crippen molar-refractivity contribution in [1.82, 2.24) is 0 Å². The van der Waals surface area contributed by atoms with Gasteiger partial charge in [-0.1, -0.05) is 13.0 Å². The summed E-state index contributed by atoms with van der Waals surface area (Å²) < 4.78 is 5.75. The predicted molar refractivity (Wildman–Crippen MR) is 86.7 cm³/mol. The first kappa shape index (κ1) is 16.2. The van der Waals surface area contributed by atoms with Crippen molar-refractivity contribution < 1.29 is 14.6 Å². The Bertz CT molecular complexity index is 486. The minimum atomic E-state index is -0.863. The van der Waals surface area contributed by atoms with E-state index in [4.69, 9.17) is 4.74 Å². The molecule has 0 amide bonds. The molecule has 2 rings (SSSR count). The van der Waals surface area contributed by atoms with Gasteiger partial charge in [0, 0.05) is 25.1 Å². The van der Waals surface area contributed by atoms with E-state index in [9.17, 15) is 9.90 Å². The van der Waals surface area contributed by atoms with Crippen LogP contribution >= 0.6 is 11.8 Å². The van der Waals surface area contributed by atoms with Crippen LogP contribution in [0.4, 0.5) is 5.69 Å². The number of likely N-dealkylation sites (N-methyl/N-ethyl adjacent to an activating group) is 1. The minimum Gasteiger partial charge on any atom is -0.478 e. The van der Waals surface area contributed by atoms with Crippen molar-refractivity contribution in [1.29, 1.82) is 0 Å². The molecule has 116 valence electrons. The summed E-state index contributed by atoms with van der Waals surface area (Å²) in [4.78, 5) is 14.5. The maximum Gasteiger partial charge on any atom is 0.338 e. The zero-order valence-electron chi connectivity index (χ0n) is 12.7. The Kier molecular flexibility index (Phi) is 5.94. The smallest absolute Gasteiger partial charge is 0.338 e. The number of aromatic carboxylic acids is 1. The van der Waals surface area contributed by atoms with Gasteiger partial charge in [-0.15, -0.1) is 11.8 Å². The fourth-order valence-electron chi connectivity index (χ4n) is 2.68. The van der Waals surface area contributed by atoms with E-state index < -0.39 is 5.97 Å². The van der Waals surface area contributed by atoms with Crippen molar-refractivity contribution >= 4 is 23.4 Å². The van der Waals surface area contributed by atoms with E-state index in [1.807, 2.05) is 37.1 Å². The molecule has 4 nitrogen and oxygen atoms in total. The third-order valence-electron chi connectivity index (χ3n) is 3.68. The van der Waals surface area contributed by atoms with Gasteiger partial charge in [-0.25, -0.2) is 4.79 Å². The van der Waals surface area contributed by atoms with E-state index in [2.05, 4.69) is 0 Å². The van der Waals surface area contributed by atoms with Crippen molar-refractivity contribution in [3.63, 3.8) is 0 Å². The van der Waals surface area contributed by atoms with E-state index >= 15 is 0 Å². The zero-order valence-corrected chi connectivity index (χ0v) is 13.5. The van der Waals surface area contributed by atoms with E-state index in [0.717, 1.165) is 42.3 Å². The van der Waals surface area contributed by atoms with Crippen LogP contribution < -0.4 is 4.90 Å². The average molecular weight is 309 g/mol. The number of rotatable bonds is 6. The fourth-order valence-corrected chi connectivity index (χ4v) is 3.51. The third kappa shape index (κ3) is 4.14. The highest BCUT2D eigenvalue weighted by Crippen LogP contribution is 2.31. The normalized spacial score (nSPS) is 18.5. The first-order valence-electron chi connectivity index (χ1n) is 7.45. The summed E-state index contributed by atoms with van der Waals surface area (Å²) >= 11 is 1.57. The number of hydrogen-bond acceptors (Lipinski definition) is 4. The molecule has 1 aliphatic rings. The number of ether oxygens (including phenoxy) is 1. The van der Waals surface area contributed by atoms with Gasteiger partial charge in [-0.2, -0.15) is 0 Å². The predicted octanol–water partition coefficient (Wildman–Crippen LogP) is 3.50. The van der Waals surface area contributed by atoms with Crippen molar-refractivity contribution in [2.45, 2.75) is 37.2 Å². The number of carboxylic acids is 1. The van der Waals surface area contributed by atoms with Gasteiger partial charge in [0.05, 0.1) is 17.4 Å². The van der Waals surface area contributed by atoms with Crippen LogP contribution in [0.25, 0.3) is 0 Å². The Balaban J connectivity index is 2.20. The lowest BCUT2D eigenvalue weighted by Gasteiger charge is -2.29. The highest BCUT2D eigenvalue weighted by molar-refractivity contribution is 7.99. The number of anilines is 1. The maximum absolute atomic E-state index is 11.6. The Morgan fingerprint density at radius 1 is 1.48 bits per heavy atom. The molecule has 0 aromatic heterocycles. The molecule has 1 heterocycles. The van der Waals surface area contributed by atoms with Gasteiger partial charge in [0.1, 0.15) is 0 Å². The molecule has 5 heteroatoms. The fraction of sp³-hybridized carbons (Fsp3) is 0.562. The number of nitrogens with zero attached hydrogens (tertiary/aromatic N) is 1. The largest absolute Gasteiger partial charge is 0.478 e. The Labute approximate surface area is 130 Å². The summed E-state index contributed by atoms with van der Waals surface area (Å²) in [6.45, 7) is 3.58. The quantitative estimate of drug-likeness (QED) is 0.815. The monoisotopic (exact) mass is 309 g/mol. The molecule has 1 atom stereocenters. The highest BCUT2D eigenvalue weighted by atomic mass is 32.2. The molecule has 0 bridgehead atoms. The number of thioether (sulfide) groups is 1. The van der Waals surface area contributed by atoms with Gasteiger partial charge < -0.3 is 14.7 Å². The van der Waals surface area contributed by atoms with Crippen molar-refractivity contribution in [3.8, 4) is 0 Å². The van der Waals surface area contributed by atoms with Gasteiger partial charge >= 0.3 is 5.97 Å². The summed E-state index contributed by atoms with van der Waals surface area (Å²) in [6, 6.07) is 5.69. The SMILES string of the molecule is CCSc1cccc(N(C)CC2CCCCO2)c1C(=O)O. The molecule has 1 saturated heterocycles. The van der Waals surface area contributed by atoms with Gasteiger partial charge in [-0.05, 0) is 37.1 Å². The van der Waals surface area contributed by atoms with E-state index in [1.54, 1.807) is 11.8 Å². The Hall–Kier alpha value is -1.20. The van der Waals surface area contributed by atoms with Crippen LogP contribution in [0.1, 0.15) is 36.5 Å². The molecule has 1 fully saturated rings. The number of carbonyl (C=O) groups is 1. The molecule has 1 N–H and O–H groups in total. The van der Waals surface area contributed by atoms with Gasteiger partial charge in [0.25, 0.3) is 0 Å². The number of hydrogen-bond donors (Lipinski definition) is 1.